The molecule has 0 atom stereocenters. The molecule has 1 aromatic heterocycles. The van der Waals surface area contributed by atoms with Crippen LogP contribution in [0.15, 0.2) is 12.4 Å². The van der Waals surface area contributed by atoms with E-state index in [1.54, 1.807) is 29.6 Å². The third-order valence-corrected chi connectivity index (χ3v) is 4.67. The highest BCUT2D eigenvalue weighted by Gasteiger charge is 2.56. The van der Waals surface area contributed by atoms with Crippen molar-refractivity contribution in [2.75, 3.05) is 0 Å². The van der Waals surface area contributed by atoms with E-state index in [9.17, 15) is 9.59 Å². The van der Waals surface area contributed by atoms with Crippen LogP contribution in [0.1, 0.15) is 45.1 Å². The quantitative estimate of drug-likeness (QED) is 0.882. The van der Waals surface area contributed by atoms with E-state index in [0.717, 1.165) is 31.2 Å². The molecule has 0 unspecified atom stereocenters. The van der Waals surface area contributed by atoms with E-state index in [2.05, 4.69) is 10.4 Å². The molecule has 0 bridgehead atoms. The number of carbonyl (C=O) groups excluding carboxylic acids is 2. The fraction of sp³-hybridized carbons (Fsp3) is 0.667. The zero-order valence-corrected chi connectivity index (χ0v) is 12.8. The van der Waals surface area contributed by atoms with Crippen LogP contribution in [0.5, 0.6) is 0 Å². The van der Waals surface area contributed by atoms with Gasteiger partial charge in [0.25, 0.3) is 0 Å². The van der Waals surface area contributed by atoms with E-state index in [4.69, 9.17) is 0 Å². The van der Waals surface area contributed by atoms with Gasteiger partial charge in [0, 0.05) is 25.4 Å². The molecule has 6 nitrogen and oxygen atoms in total. The first-order valence-electron chi connectivity index (χ1n) is 7.47. The average molecular weight is 290 g/mol. The number of amides is 2. The van der Waals surface area contributed by atoms with Crippen LogP contribution in [0.25, 0.3) is 0 Å². The molecule has 2 heterocycles. The predicted molar refractivity (Wildman–Crippen MR) is 77.2 cm³/mol. The highest BCUT2D eigenvalue weighted by molar-refractivity contribution is 6.02. The number of nitrogens with one attached hydrogen (secondary N) is 1. The summed E-state index contributed by atoms with van der Waals surface area (Å²) in [5.74, 6) is -0.0126. The van der Waals surface area contributed by atoms with Gasteiger partial charge in [-0.05, 0) is 26.7 Å². The maximum Gasteiger partial charge on any atom is 0.248 e. The second-order valence-electron chi connectivity index (χ2n) is 6.73. The molecular formula is C15H22N4O2. The molecule has 114 valence electrons. The summed E-state index contributed by atoms with van der Waals surface area (Å²) in [6, 6.07) is 0. The molecule has 1 saturated heterocycles. The van der Waals surface area contributed by atoms with Gasteiger partial charge in [-0.15, -0.1) is 0 Å². The molecule has 3 rings (SSSR count). The molecule has 1 aliphatic carbocycles. The zero-order valence-electron chi connectivity index (χ0n) is 12.8. The predicted octanol–water partition coefficient (Wildman–Crippen LogP) is 0.970. The van der Waals surface area contributed by atoms with Crippen molar-refractivity contribution >= 4 is 11.8 Å². The molecule has 2 aliphatic rings. The lowest BCUT2D eigenvalue weighted by molar-refractivity contribution is -0.162. The van der Waals surface area contributed by atoms with E-state index >= 15 is 0 Å². The number of hydrogen-bond acceptors (Lipinski definition) is 3. The van der Waals surface area contributed by atoms with Crippen molar-refractivity contribution in [2.24, 2.45) is 7.05 Å². The van der Waals surface area contributed by atoms with E-state index in [1.807, 2.05) is 13.2 Å². The van der Waals surface area contributed by atoms with Crippen molar-refractivity contribution in [3.05, 3.63) is 18.0 Å². The normalized spacial score (nSPS) is 23.7. The van der Waals surface area contributed by atoms with Gasteiger partial charge in [-0.25, -0.2) is 0 Å². The minimum Gasteiger partial charge on any atom is -0.340 e. The summed E-state index contributed by atoms with van der Waals surface area (Å²) in [4.78, 5) is 27.3. The van der Waals surface area contributed by atoms with Crippen molar-refractivity contribution in [1.29, 1.82) is 0 Å². The van der Waals surface area contributed by atoms with Crippen LogP contribution in [-0.2, 0) is 23.2 Å². The minimum absolute atomic E-state index is 0.00603. The number of rotatable bonds is 2. The Morgan fingerprint density at radius 2 is 1.95 bits per heavy atom. The van der Waals surface area contributed by atoms with Crippen LogP contribution in [-0.4, -0.2) is 37.6 Å². The number of carbonyl (C=O) groups is 2. The number of aromatic nitrogens is 2. The van der Waals surface area contributed by atoms with Gasteiger partial charge in [-0.3, -0.25) is 14.3 Å². The first kappa shape index (κ1) is 14.1. The molecule has 0 radical (unpaired) electrons. The molecule has 1 saturated carbocycles. The second-order valence-corrected chi connectivity index (χ2v) is 6.73. The first-order chi connectivity index (χ1) is 9.85. The highest BCUT2D eigenvalue weighted by atomic mass is 16.2. The van der Waals surface area contributed by atoms with Gasteiger partial charge >= 0.3 is 0 Å². The van der Waals surface area contributed by atoms with Gasteiger partial charge in [0.2, 0.25) is 11.8 Å². The van der Waals surface area contributed by atoms with Crippen LogP contribution >= 0.6 is 0 Å². The van der Waals surface area contributed by atoms with Crippen molar-refractivity contribution in [1.82, 2.24) is 20.0 Å². The average Bonchev–Trinajstić information content (AvgIpc) is 3.03. The lowest BCUT2D eigenvalue weighted by atomic mass is 9.85. The number of piperazine rings is 1. The molecule has 6 heteroatoms. The lowest BCUT2D eigenvalue weighted by Gasteiger charge is -2.49. The summed E-state index contributed by atoms with van der Waals surface area (Å²) in [6.07, 6.45) is 7.14. The fourth-order valence-corrected chi connectivity index (χ4v) is 3.52. The summed E-state index contributed by atoms with van der Waals surface area (Å²) >= 11 is 0. The van der Waals surface area contributed by atoms with E-state index < -0.39 is 11.1 Å². The Labute approximate surface area is 124 Å². The second kappa shape index (κ2) is 4.58. The van der Waals surface area contributed by atoms with Crippen molar-refractivity contribution < 1.29 is 9.59 Å². The summed E-state index contributed by atoms with van der Waals surface area (Å²) in [5, 5.41) is 7.06. The molecule has 2 amide bonds. The van der Waals surface area contributed by atoms with Gasteiger partial charge in [-0.1, -0.05) is 12.8 Å². The van der Waals surface area contributed by atoms with Gasteiger partial charge < -0.3 is 10.2 Å². The Morgan fingerprint density at radius 3 is 2.52 bits per heavy atom. The van der Waals surface area contributed by atoms with Crippen molar-refractivity contribution in [3.8, 4) is 0 Å². The standard InChI is InChI=1S/C15H22N4O2/c1-14(2)13(21)19(10-11-8-16-18(3)9-11)15(12(20)17-14)6-4-5-7-15/h8-9H,4-7,10H2,1-3H3,(H,17,20). The summed E-state index contributed by atoms with van der Waals surface area (Å²) in [6.45, 7) is 3.99. The number of aryl methyl sites for hydroxylation is 1. The molecule has 1 aliphatic heterocycles. The van der Waals surface area contributed by atoms with Crippen LogP contribution < -0.4 is 5.32 Å². The smallest absolute Gasteiger partial charge is 0.248 e. The Balaban J connectivity index is 1.98. The molecule has 1 N–H and O–H groups in total. The topological polar surface area (TPSA) is 67.2 Å². The molecule has 21 heavy (non-hydrogen) atoms. The third-order valence-electron chi connectivity index (χ3n) is 4.67. The van der Waals surface area contributed by atoms with Gasteiger partial charge in [0.15, 0.2) is 0 Å². The molecule has 2 fully saturated rings. The third kappa shape index (κ3) is 2.13. The Kier molecular flexibility index (Phi) is 3.07. The van der Waals surface area contributed by atoms with Crippen LogP contribution in [0.2, 0.25) is 0 Å². The Bertz CT molecular complexity index is 584. The first-order valence-corrected chi connectivity index (χ1v) is 7.47. The van der Waals surface area contributed by atoms with Crippen molar-refractivity contribution in [3.63, 3.8) is 0 Å². The SMILES string of the molecule is Cn1cc(CN2C(=O)C(C)(C)NC(=O)C23CCCC3)cn1. The molecule has 1 spiro atoms. The minimum atomic E-state index is -0.840. The maximum atomic E-state index is 12.8. The maximum absolute atomic E-state index is 12.8. The summed E-state index contributed by atoms with van der Waals surface area (Å²) in [7, 11) is 1.85. The van der Waals surface area contributed by atoms with E-state index in [-0.39, 0.29) is 11.8 Å². The van der Waals surface area contributed by atoms with Crippen LogP contribution in [0, 0.1) is 0 Å². The van der Waals surface area contributed by atoms with E-state index in [0.29, 0.717) is 6.54 Å². The van der Waals surface area contributed by atoms with E-state index in [1.165, 1.54) is 0 Å². The fourth-order valence-electron chi connectivity index (χ4n) is 3.52. The van der Waals surface area contributed by atoms with Gasteiger partial charge in [-0.2, -0.15) is 5.10 Å². The van der Waals surface area contributed by atoms with Crippen molar-refractivity contribution in [2.45, 2.75) is 57.2 Å². The Morgan fingerprint density at radius 1 is 1.29 bits per heavy atom. The van der Waals surface area contributed by atoms with Gasteiger partial charge in [0.1, 0.15) is 11.1 Å². The zero-order chi connectivity index (χ0) is 15.3. The molecule has 1 aromatic rings. The summed E-state index contributed by atoms with van der Waals surface area (Å²) in [5.41, 5.74) is -0.544. The van der Waals surface area contributed by atoms with Crippen LogP contribution in [0.4, 0.5) is 0 Å². The highest BCUT2D eigenvalue weighted by Crippen LogP contribution is 2.40. The molecular weight excluding hydrogens is 268 g/mol. The Hall–Kier alpha value is -1.85. The molecule has 0 aromatic carbocycles. The number of hydrogen-bond donors (Lipinski definition) is 1. The lowest BCUT2D eigenvalue weighted by Crippen LogP contribution is -2.73. The van der Waals surface area contributed by atoms with Crippen LogP contribution in [0.3, 0.4) is 0 Å². The van der Waals surface area contributed by atoms with Gasteiger partial charge in [0.05, 0.1) is 6.20 Å². The summed E-state index contributed by atoms with van der Waals surface area (Å²) < 4.78 is 1.72. The number of nitrogens with zero attached hydrogens (tertiary/aromatic N) is 3. The monoisotopic (exact) mass is 290 g/mol. The largest absolute Gasteiger partial charge is 0.340 e.